The number of aromatic carboxylic acids is 1. The first-order valence-corrected chi connectivity index (χ1v) is 9.18. The van der Waals surface area contributed by atoms with Gasteiger partial charge in [0.05, 0.1) is 12.0 Å². The van der Waals surface area contributed by atoms with Crippen molar-refractivity contribution < 1.29 is 14.7 Å². The molecule has 5 heteroatoms. The lowest BCUT2D eigenvalue weighted by Gasteiger charge is -2.32. The maximum Gasteiger partial charge on any atom is 0.335 e. The normalized spacial score (nSPS) is 15.4. The molecule has 0 radical (unpaired) electrons. The maximum atomic E-state index is 12.3. The highest BCUT2D eigenvalue weighted by molar-refractivity contribution is 7.08. The predicted molar refractivity (Wildman–Crippen MR) is 94.4 cm³/mol. The Morgan fingerprint density at radius 3 is 2.58 bits per heavy atom. The summed E-state index contributed by atoms with van der Waals surface area (Å²) in [6.45, 7) is 1.53. The number of amides is 1. The third-order valence-electron chi connectivity index (χ3n) is 4.66. The fourth-order valence-electron chi connectivity index (χ4n) is 3.28. The largest absolute Gasteiger partial charge is 0.478 e. The summed E-state index contributed by atoms with van der Waals surface area (Å²) in [6.07, 6.45) is 3.12. The van der Waals surface area contributed by atoms with Gasteiger partial charge in [0.15, 0.2) is 0 Å². The number of rotatable bonds is 5. The minimum Gasteiger partial charge on any atom is -0.478 e. The molecule has 1 saturated heterocycles. The van der Waals surface area contributed by atoms with E-state index < -0.39 is 5.97 Å². The smallest absolute Gasteiger partial charge is 0.335 e. The Kier molecular flexibility index (Phi) is 5.30. The zero-order valence-corrected chi connectivity index (χ0v) is 14.3. The van der Waals surface area contributed by atoms with E-state index in [0.29, 0.717) is 17.9 Å². The van der Waals surface area contributed by atoms with Crippen LogP contribution in [0, 0.1) is 5.92 Å². The van der Waals surface area contributed by atoms with Crippen molar-refractivity contribution in [2.45, 2.75) is 25.7 Å². The summed E-state index contributed by atoms with van der Waals surface area (Å²) in [5, 5.41) is 13.3. The average Bonchev–Trinajstić information content (AvgIpc) is 3.09. The van der Waals surface area contributed by atoms with Crippen molar-refractivity contribution >= 4 is 23.2 Å². The van der Waals surface area contributed by atoms with Crippen molar-refractivity contribution in [2.24, 2.45) is 5.92 Å². The van der Waals surface area contributed by atoms with Crippen molar-refractivity contribution in [2.75, 3.05) is 13.1 Å². The van der Waals surface area contributed by atoms with E-state index in [1.807, 2.05) is 33.9 Å². The third kappa shape index (κ3) is 4.03. The molecule has 3 rings (SSSR count). The van der Waals surface area contributed by atoms with E-state index in [-0.39, 0.29) is 5.91 Å². The molecule has 1 aliphatic rings. The third-order valence-corrected chi connectivity index (χ3v) is 5.39. The Morgan fingerprint density at radius 2 is 1.92 bits per heavy atom. The van der Waals surface area contributed by atoms with Gasteiger partial charge >= 0.3 is 5.97 Å². The van der Waals surface area contributed by atoms with Crippen molar-refractivity contribution in [3.8, 4) is 0 Å². The standard InChI is InChI=1S/C19H21NO3S/c21-18(12-15-7-10-24-13-15)20-8-5-14(6-9-20)11-16-3-1-2-4-17(16)19(22)23/h1-4,7,10,13-14H,5-6,8-9,11-12H2,(H,22,23). The molecule has 0 spiro atoms. The molecule has 1 fully saturated rings. The lowest BCUT2D eigenvalue weighted by Crippen LogP contribution is -2.39. The van der Waals surface area contributed by atoms with Gasteiger partial charge in [-0.25, -0.2) is 4.79 Å². The van der Waals surface area contributed by atoms with Crippen LogP contribution in [0.3, 0.4) is 0 Å². The lowest BCUT2D eigenvalue weighted by molar-refractivity contribution is -0.131. The van der Waals surface area contributed by atoms with E-state index in [0.717, 1.165) is 43.5 Å². The second kappa shape index (κ2) is 7.62. The number of hydrogen-bond donors (Lipinski definition) is 1. The van der Waals surface area contributed by atoms with Crippen molar-refractivity contribution in [3.05, 3.63) is 57.8 Å². The van der Waals surface area contributed by atoms with Crippen molar-refractivity contribution in [1.29, 1.82) is 0 Å². The number of nitrogens with zero attached hydrogens (tertiary/aromatic N) is 1. The van der Waals surface area contributed by atoms with Crippen LogP contribution in [0.2, 0.25) is 0 Å². The summed E-state index contributed by atoms with van der Waals surface area (Å²) in [7, 11) is 0. The zero-order valence-electron chi connectivity index (χ0n) is 13.5. The van der Waals surface area contributed by atoms with Gasteiger partial charge in [0.25, 0.3) is 0 Å². The maximum absolute atomic E-state index is 12.3. The summed E-state index contributed by atoms with van der Waals surface area (Å²) < 4.78 is 0. The van der Waals surface area contributed by atoms with Crippen LogP contribution in [0.4, 0.5) is 0 Å². The van der Waals surface area contributed by atoms with Crippen LogP contribution < -0.4 is 0 Å². The molecule has 126 valence electrons. The zero-order chi connectivity index (χ0) is 16.9. The molecule has 0 bridgehead atoms. The first-order valence-electron chi connectivity index (χ1n) is 8.23. The molecule has 0 aliphatic carbocycles. The van der Waals surface area contributed by atoms with E-state index in [1.165, 1.54) is 0 Å². The van der Waals surface area contributed by atoms with Crippen LogP contribution in [-0.4, -0.2) is 35.0 Å². The molecule has 0 atom stereocenters. The molecule has 1 aromatic carbocycles. The molecule has 0 saturated carbocycles. The number of thiophene rings is 1. The highest BCUT2D eigenvalue weighted by atomic mass is 32.1. The molecular formula is C19H21NO3S. The fraction of sp³-hybridized carbons (Fsp3) is 0.368. The van der Waals surface area contributed by atoms with E-state index in [9.17, 15) is 14.7 Å². The van der Waals surface area contributed by atoms with Gasteiger partial charge < -0.3 is 10.0 Å². The van der Waals surface area contributed by atoms with E-state index >= 15 is 0 Å². The van der Waals surface area contributed by atoms with Crippen molar-refractivity contribution in [1.82, 2.24) is 4.90 Å². The molecule has 4 nitrogen and oxygen atoms in total. The molecule has 2 heterocycles. The van der Waals surface area contributed by atoms with Gasteiger partial charge in [-0.15, -0.1) is 0 Å². The number of benzene rings is 1. The fourth-order valence-corrected chi connectivity index (χ4v) is 3.95. The molecule has 24 heavy (non-hydrogen) atoms. The first-order chi connectivity index (χ1) is 11.6. The summed E-state index contributed by atoms with van der Waals surface area (Å²) in [6, 6.07) is 9.22. The number of carboxylic acid groups (broad SMARTS) is 1. The van der Waals surface area contributed by atoms with Gasteiger partial charge in [-0.2, -0.15) is 11.3 Å². The Hall–Kier alpha value is -2.14. The van der Waals surface area contributed by atoms with Crippen LogP contribution in [0.25, 0.3) is 0 Å². The average molecular weight is 343 g/mol. The molecule has 1 aromatic heterocycles. The van der Waals surface area contributed by atoms with Crippen LogP contribution in [0.15, 0.2) is 41.1 Å². The lowest BCUT2D eigenvalue weighted by atomic mass is 9.88. The number of likely N-dealkylation sites (tertiary alicyclic amines) is 1. The van der Waals surface area contributed by atoms with Crippen molar-refractivity contribution in [3.63, 3.8) is 0 Å². The number of carbonyl (C=O) groups is 2. The second-order valence-corrected chi connectivity index (χ2v) is 7.08. The SMILES string of the molecule is O=C(O)c1ccccc1CC1CCN(C(=O)Cc2ccsc2)CC1. The number of hydrogen-bond acceptors (Lipinski definition) is 3. The van der Waals surface area contributed by atoms with Gasteiger partial charge in [0, 0.05) is 13.1 Å². The quantitative estimate of drug-likeness (QED) is 0.904. The van der Waals surface area contributed by atoms with Gasteiger partial charge in [0.2, 0.25) is 5.91 Å². The first kappa shape index (κ1) is 16.7. The van der Waals surface area contributed by atoms with Crippen LogP contribution in [-0.2, 0) is 17.6 Å². The predicted octanol–water partition coefficient (Wildman–Crippen LogP) is 3.47. The Labute approximate surface area is 145 Å². The number of carboxylic acids is 1. The number of carbonyl (C=O) groups excluding carboxylic acids is 1. The second-order valence-electron chi connectivity index (χ2n) is 6.30. The summed E-state index contributed by atoms with van der Waals surface area (Å²) in [5.74, 6) is -0.234. The monoisotopic (exact) mass is 343 g/mol. The summed E-state index contributed by atoms with van der Waals surface area (Å²) in [5.41, 5.74) is 2.38. The molecular weight excluding hydrogens is 322 g/mol. The van der Waals surface area contributed by atoms with Gasteiger partial charge in [0.1, 0.15) is 0 Å². The summed E-state index contributed by atoms with van der Waals surface area (Å²) in [4.78, 5) is 25.6. The molecule has 1 N–H and O–H groups in total. The molecule has 1 amide bonds. The number of piperidine rings is 1. The Balaban J connectivity index is 1.54. The van der Waals surface area contributed by atoms with Crippen LogP contribution >= 0.6 is 11.3 Å². The van der Waals surface area contributed by atoms with E-state index in [1.54, 1.807) is 23.5 Å². The van der Waals surface area contributed by atoms with Gasteiger partial charge in [-0.05, 0) is 59.2 Å². The van der Waals surface area contributed by atoms with E-state index in [4.69, 9.17) is 0 Å². The highest BCUT2D eigenvalue weighted by Crippen LogP contribution is 2.24. The van der Waals surface area contributed by atoms with Crippen LogP contribution in [0.1, 0.15) is 34.3 Å². The Bertz CT molecular complexity index is 703. The van der Waals surface area contributed by atoms with Gasteiger partial charge in [-0.3, -0.25) is 4.79 Å². The minimum atomic E-state index is -0.867. The summed E-state index contributed by atoms with van der Waals surface area (Å²) >= 11 is 1.61. The van der Waals surface area contributed by atoms with Crippen LogP contribution in [0.5, 0.6) is 0 Å². The molecule has 1 aliphatic heterocycles. The van der Waals surface area contributed by atoms with E-state index in [2.05, 4.69) is 0 Å². The topological polar surface area (TPSA) is 57.6 Å². The minimum absolute atomic E-state index is 0.192. The highest BCUT2D eigenvalue weighted by Gasteiger charge is 2.24. The molecule has 2 aromatic rings. The Morgan fingerprint density at radius 1 is 1.17 bits per heavy atom. The molecule has 0 unspecified atom stereocenters. The van der Waals surface area contributed by atoms with Gasteiger partial charge in [-0.1, -0.05) is 18.2 Å².